The van der Waals surface area contributed by atoms with Gasteiger partial charge in [0.05, 0.1) is 25.2 Å². The minimum Gasteiger partial charge on any atom is -0.378 e. The van der Waals surface area contributed by atoms with E-state index in [1.807, 2.05) is 4.90 Å². The van der Waals surface area contributed by atoms with E-state index in [1.165, 1.54) is 18.9 Å². The molecule has 3 saturated carbocycles. The number of rotatable bonds is 5. The molecule has 3 heterocycles. The number of hydrogen-bond donors (Lipinski definition) is 2. The average molecular weight is 563 g/mol. The molecule has 8 nitrogen and oxygen atoms in total. The molecule has 3 aliphatic carbocycles. The number of carbonyl (C=O) groups is 3. The molecule has 0 bridgehead atoms. The number of amides is 3. The normalized spacial score (nSPS) is 42.5. The zero-order valence-electron chi connectivity index (χ0n) is 23.7. The standard InChI is InChI=1S/C30H44F2N4O4/c1-16-11-21(18-3-4-18)28(23(12-16)30(39)35-7-9-40-10-8-35)36-15-19(13-17(36)2)33-29(38)22-14-25(37)34-27-20(22)5-6-24(31)26(27)32/h14,16-21,23-24,26-28H,3-13,15H2,1-2H3,(H,33,38)(H,34,37)/t16?,17-,19-,20?,21?,23?,24?,26?,27?,28?/m1/s1. The molecule has 6 aliphatic rings. The summed E-state index contributed by atoms with van der Waals surface area (Å²) in [5.41, 5.74) is 0.261. The van der Waals surface area contributed by atoms with Gasteiger partial charge in [0, 0.05) is 55.3 Å². The van der Waals surface area contributed by atoms with E-state index in [1.54, 1.807) is 0 Å². The molecule has 2 N–H and O–H groups in total. The van der Waals surface area contributed by atoms with Crippen LogP contribution >= 0.6 is 0 Å². The van der Waals surface area contributed by atoms with Gasteiger partial charge < -0.3 is 20.3 Å². The summed E-state index contributed by atoms with van der Waals surface area (Å²) in [6.45, 7) is 7.58. The number of hydrogen-bond acceptors (Lipinski definition) is 5. The average Bonchev–Trinajstić information content (AvgIpc) is 3.73. The van der Waals surface area contributed by atoms with Crippen molar-refractivity contribution in [3.05, 3.63) is 11.6 Å². The van der Waals surface area contributed by atoms with Crippen molar-refractivity contribution in [2.45, 2.75) is 95.3 Å². The monoisotopic (exact) mass is 562 g/mol. The molecule has 3 amide bonds. The van der Waals surface area contributed by atoms with Crippen LogP contribution in [0.4, 0.5) is 8.78 Å². The van der Waals surface area contributed by atoms with Crippen molar-refractivity contribution in [2.75, 3.05) is 32.8 Å². The topological polar surface area (TPSA) is 91.0 Å². The summed E-state index contributed by atoms with van der Waals surface area (Å²) in [4.78, 5) is 44.1. The van der Waals surface area contributed by atoms with E-state index in [0.29, 0.717) is 57.0 Å². The molecular formula is C30H44F2N4O4. The molecule has 6 rings (SSSR count). The molecule has 0 aromatic heterocycles. The molecule has 222 valence electrons. The van der Waals surface area contributed by atoms with E-state index >= 15 is 0 Å². The molecule has 10 atom stereocenters. The van der Waals surface area contributed by atoms with Crippen LogP contribution in [0.1, 0.15) is 58.8 Å². The predicted molar refractivity (Wildman–Crippen MR) is 145 cm³/mol. The highest BCUT2D eigenvalue weighted by atomic mass is 19.2. The fraction of sp³-hybridized carbons (Fsp3) is 0.833. The fourth-order valence-electron chi connectivity index (χ4n) is 8.50. The van der Waals surface area contributed by atoms with Gasteiger partial charge >= 0.3 is 0 Å². The van der Waals surface area contributed by atoms with Crippen LogP contribution in [0.15, 0.2) is 11.6 Å². The lowest BCUT2D eigenvalue weighted by molar-refractivity contribution is -0.146. The highest BCUT2D eigenvalue weighted by Crippen LogP contribution is 2.50. The van der Waals surface area contributed by atoms with E-state index in [-0.39, 0.29) is 47.9 Å². The Morgan fingerprint density at radius 2 is 1.80 bits per heavy atom. The van der Waals surface area contributed by atoms with Gasteiger partial charge in [-0.1, -0.05) is 6.92 Å². The molecule has 0 radical (unpaired) electrons. The lowest BCUT2D eigenvalue weighted by Crippen LogP contribution is -2.58. The zero-order valence-corrected chi connectivity index (χ0v) is 23.7. The van der Waals surface area contributed by atoms with Gasteiger partial charge in [0.15, 0.2) is 6.17 Å². The molecule has 5 fully saturated rings. The number of fused-ring (bicyclic) bond motifs is 1. The van der Waals surface area contributed by atoms with Crippen molar-refractivity contribution in [3.8, 4) is 0 Å². The van der Waals surface area contributed by atoms with E-state index in [2.05, 4.69) is 29.4 Å². The number of ether oxygens (including phenoxy) is 1. The molecule has 10 heteroatoms. The van der Waals surface area contributed by atoms with Crippen LogP contribution in [-0.2, 0) is 19.1 Å². The fourth-order valence-corrected chi connectivity index (χ4v) is 8.50. The maximum atomic E-state index is 14.6. The van der Waals surface area contributed by atoms with Crippen LogP contribution in [0.5, 0.6) is 0 Å². The quantitative estimate of drug-likeness (QED) is 0.537. The molecule has 2 saturated heterocycles. The zero-order chi connectivity index (χ0) is 28.1. The summed E-state index contributed by atoms with van der Waals surface area (Å²) in [6, 6.07) is -0.800. The van der Waals surface area contributed by atoms with Gasteiger partial charge in [-0.15, -0.1) is 0 Å². The largest absolute Gasteiger partial charge is 0.378 e. The van der Waals surface area contributed by atoms with Gasteiger partial charge in [-0.25, -0.2) is 8.78 Å². The van der Waals surface area contributed by atoms with Gasteiger partial charge in [-0.2, -0.15) is 0 Å². The Morgan fingerprint density at radius 3 is 2.52 bits per heavy atom. The first kappa shape index (κ1) is 28.1. The van der Waals surface area contributed by atoms with Gasteiger partial charge in [0.2, 0.25) is 17.7 Å². The van der Waals surface area contributed by atoms with Crippen LogP contribution in [0.3, 0.4) is 0 Å². The van der Waals surface area contributed by atoms with Gasteiger partial charge in [-0.3, -0.25) is 19.3 Å². The van der Waals surface area contributed by atoms with Crippen LogP contribution in [-0.4, -0.2) is 96.9 Å². The van der Waals surface area contributed by atoms with Crippen LogP contribution < -0.4 is 10.6 Å². The Kier molecular flexibility index (Phi) is 7.94. The van der Waals surface area contributed by atoms with Crippen molar-refractivity contribution < 1.29 is 27.9 Å². The smallest absolute Gasteiger partial charge is 0.248 e. The van der Waals surface area contributed by atoms with Crippen LogP contribution in [0.2, 0.25) is 0 Å². The van der Waals surface area contributed by atoms with Crippen molar-refractivity contribution >= 4 is 17.7 Å². The lowest BCUT2D eigenvalue weighted by Gasteiger charge is -2.48. The third-order valence-electron chi connectivity index (χ3n) is 10.5. The molecule has 0 spiro atoms. The summed E-state index contributed by atoms with van der Waals surface area (Å²) in [7, 11) is 0. The van der Waals surface area contributed by atoms with Gasteiger partial charge in [0.1, 0.15) is 6.17 Å². The number of halogens is 2. The van der Waals surface area contributed by atoms with Crippen molar-refractivity contribution in [1.82, 2.24) is 20.4 Å². The Hall–Kier alpha value is -2.07. The summed E-state index contributed by atoms with van der Waals surface area (Å²) in [6.07, 6.45) is 3.41. The number of morpholine rings is 1. The number of likely N-dealkylation sites (tertiary alicyclic amines) is 1. The summed E-state index contributed by atoms with van der Waals surface area (Å²) in [5.74, 6) is 0.397. The number of carbonyl (C=O) groups excluding carboxylic acids is 3. The maximum absolute atomic E-state index is 14.6. The second-order valence-electron chi connectivity index (χ2n) is 13.3. The predicted octanol–water partition coefficient (Wildman–Crippen LogP) is 2.38. The van der Waals surface area contributed by atoms with Gasteiger partial charge in [0.25, 0.3) is 0 Å². The van der Waals surface area contributed by atoms with E-state index in [4.69, 9.17) is 4.74 Å². The van der Waals surface area contributed by atoms with Crippen LogP contribution in [0.25, 0.3) is 0 Å². The third-order valence-corrected chi connectivity index (χ3v) is 10.5. The van der Waals surface area contributed by atoms with E-state index in [9.17, 15) is 23.2 Å². The van der Waals surface area contributed by atoms with Gasteiger partial charge in [-0.05, 0) is 69.6 Å². The van der Waals surface area contributed by atoms with Crippen LogP contribution in [0, 0.1) is 29.6 Å². The Balaban J connectivity index is 1.18. The summed E-state index contributed by atoms with van der Waals surface area (Å²) in [5, 5.41) is 5.69. The minimum atomic E-state index is -1.81. The Morgan fingerprint density at radius 1 is 1.05 bits per heavy atom. The highest BCUT2D eigenvalue weighted by molar-refractivity contribution is 6.03. The molecular weight excluding hydrogens is 518 g/mol. The minimum absolute atomic E-state index is 0.0400. The first-order chi connectivity index (χ1) is 19.2. The second kappa shape index (κ2) is 11.3. The SMILES string of the molecule is CC1CC(C(=O)N2CCOCC2)C(N2C[C@H](NC(=O)C3=CC(=O)NC4C3CCC(F)C4F)C[C@H]2C)C(C2CC2)C1. The van der Waals surface area contributed by atoms with Crippen molar-refractivity contribution in [3.63, 3.8) is 0 Å². The highest BCUT2D eigenvalue weighted by Gasteiger charge is 2.52. The summed E-state index contributed by atoms with van der Waals surface area (Å²) >= 11 is 0. The molecule has 8 unspecified atom stereocenters. The molecule has 3 aliphatic heterocycles. The van der Waals surface area contributed by atoms with Crippen molar-refractivity contribution in [2.24, 2.45) is 29.6 Å². The maximum Gasteiger partial charge on any atom is 0.248 e. The molecule has 0 aromatic carbocycles. The Bertz CT molecular complexity index is 1030. The first-order valence-corrected chi connectivity index (χ1v) is 15.4. The lowest BCUT2D eigenvalue weighted by atomic mass is 9.69. The number of alkyl halides is 2. The number of nitrogens with one attached hydrogen (secondary N) is 2. The van der Waals surface area contributed by atoms with E-state index < -0.39 is 30.2 Å². The first-order valence-electron chi connectivity index (χ1n) is 15.4. The number of nitrogens with zero attached hydrogens (tertiary/aromatic N) is 2. The molecule has 40 heavy (non-hydrogen) atoms. The molecule has 0 aromatic rings. The summed E-state index contributed by atoms with van der Waals surface area (Å²) < 4.78 is 34.2. The second-order valence-corrected chi connectivity index (χ2v) is 13.3. The Labute approximate surface area is 235 Å². The third kappa shape index (κ3) is 5.42. The van der Waals surface area contributed by atoms with Crippen molar-refractivity contribution in [1.29, 1.82) is 0 Å². The van der Waals surface area contributed by atoms with E-state index in [0.717, 1.165) is 19.3 Å².